The van der Waals surface area contributed by atoms with E-state index in [4.69, 9.17) is 5.73 Å². The number of benzene rings is 2. The number of hydrogen-bond donors (Lipinski definition) is 4. The summed E-state index contributed by atoms with van der Waals surface area (Å²) in [6.45, 7) is 0.531. The lowest BCUT2D eigenvalue weighted by Crippen LogP contribution is -2.31. The third-order valence-electron chi connectivity index (χ3n) is 3.60. The number of nitrogen functional groups attached to an aromatic ring is 1. The van der Waals surface area contributed by atoms with Gasteiger partial charge in [0, 0.05) is 6.54 Å². The van der Waals surface area contributed by atoms with Crippen LogP contribution in [-0.4, -0.2) is 15.9 Å². The minimum absolute atomic E-state index is 0.0879. The summed E-state index contributed by atoms with van der Waals surface area (Å²) >= 11 is 0. The normalized spacial score (nSPS) is 10.2. The molecule has 0 atom stereocenters. The maximum atomic E-state index is 13.6. The first-order valence-electron chi connectivity index (χ1n) is 7.84. The number of nitrogens with two attached hydrogens (primary N) is 1. The highest BCUT2D eigenvalue weighted by Crippen LogP contribution is 2.22. The van der Waals surface area contributed by atoms with Crippen molar-refractivity contribution < 1.29 is 9.18 Å². The second-order valence-electron chi connectivity index (χ2n) is 5.38. The van der Waals surface area contributed by atoms with Crippen LogP contribution < -0.4 is 21.9 Å². The summed E-state index contributed by atoms with van der Waals surface area (Å²) in [4.78, 5) is 20.1. The molecule has 0 fully saturated rings. The van der Waals surface area contributed by atoms with Crippen LogP contribution >= 0.6 is 0 Å². The molecule has 132 valence electrons. The van der Waals surface area contributed by atoms with Gasteiger partial charge in [0.25, 0.3) is 5.91 Å². The molecule has 0 spiro atoms. The number of hydrogen-bond acceptors (Lipinski definition) is 6. The maximum absolute atomic E-state index is 13.6. The first kappa shape index (κ1) is 17.2. The molecule has 7 nitrogen and oxygen atoms in total. The number of carbonyl (C=O) groups excluding carboxylic acids is 1. The van der Waals surface area contributed by atoms with Crippen LogP contribution in [0.3, 0.4) is 0 Å². The molecule has 1 amide bonds. The molecule has 0 aliphatic heterocycles. The molecule has 1 heterocycles. The molecule has 0 saturated heterocycles. The zero-order valence-corrected chi connectivity index (χ0v) is 13.7. The van der Waals surface area contributed by atoms with Gasteiger partial charge in [0.2, 0.25) is 0 Å². The fourth-order valence-electron chi connectivity index (χ4n) is 2.25. The molecule has 0 radical (unpaired) electrons. The van der Waals surface area contributed by atoms with E-state index in [2.05, 4.69) is 26.1 Å². The van der Waals surface area contributed by atoms with Gasteiger partial charge in [0.15, 0.2) is 11.6 Å². The Balaban J connectivity index is 1.65. The number of nitrogens with one attached hydrogen (secondary N) is 3. The summed E-state index contributed by atoms with van der Waals surface area (Å²) in [5.74, 6) is -0.626. The van der Waals surface area contributed by atoms with E-state index >= 15 is 0 Å². The molecular weight excluding hydrogens is 335 g/mol. The molecule has 0 aliphatic rings. The molecular formula is C18H17FN6O. The lowest BCUT2D eigenvalue weighted by molar-refractivity contribution is 0.0958. The summed E-state index contributed by atoms with van der Waals surface area (Å²) in [5, 5.41) is 3.11. The SMILES string of the molecule is Nc1c(NCc2ccccc2)ncnc1NNC(=O)c1ccccc1F. The summed E-state index contributed by atoms with van der Waals surface area (Å²) in [7, 11) is 0. The summed E-state index contributed by atoms with van der Waals surface area (Å²) in [5.41, 5.74) is 12.2. The number of aromatic nitrogens is 2. The first-order chi connectivity index (χ1) is 12.6. The van der Waals surface area contributed by atoms with Crippen LogP contribution in [0.5, 0.6) is 0 Å². The highest BCUT2D eigenvalue weighted by molar-refractivity contribution is 5.95. The Morgan fingerprint density at radius 1 is 1.00 bits per heavy atom. The predicted molar refractivity (Wildman–Crippen MR) is 97.7 cm³/mol. The van der Waals surface area contributed by atoms with Crippen LogP contribution in [0.1, 0.15) is 15.9 Å². The second-order valence-corrected chi connectivity index (χ2v) is 5.38. The van der Waals surface area contributed by atoms with Crippen molar-refractivity contribution >= 4 is 23.2 Å². The molecule has 5 N–H and O–H groups in total. The van der Waals surface area contributed by atoms with Gasteiger partial charge in [0.1, 0.15) is 17.8 Å². The van der Waals surface area contributed by atoms with Gasteiger partial charge in [-0.1, -0.05) is 42.5 Å². The van der Waals surface area contributed by atoms with Gasteiger partial charge >= 0.3 is 0 Å². The highest BCUT2D eigenvalue weighted by Gasteiger charge is 2.12. The number of amides is 1. The fourth-order valence-corrected chi connectivity index (χ4v) is 2.25. The largest absolute Gasteiger partial charge is 0.393 e. The van der Waals surface area contributed by atoms with E-state index in [1.54, 1.807) is 6.07 Å². The molecule has 8 heteroatoms. The average molecular weight is 352 g/mol. The lowest BCUT2D eigenvalue weighted by Gasteiger charge is -2.13. The van der Waals surface area contributed by atoms with Crippen molar-refractivity contribution in [3.8, 4) is 0 Å². The standard InChI is InChI=1S/C18H17FN6O/c19-14-9-5-4-8-13(14)18(26)25-24-17-15(20)16(22-11-23-17)21-10-12-6-2-1-3-7-12/h1-9,11H,10,20H2,(H,25,26)(H2,21,22,23,24). The number of nitrogens with zero attached hydrogens (tertiary/aromatic N) is 2. The van der Waals surface area contributed by atoms with Gasteiger partial charge in [0.05, 0.1) is 5.56 Å². The molecule has 3 rings (SSSR count). The topological polar surface area (TPSA) is 105 Å². The van der Waals surface area contributed by atoms with Gasteiger partial charge in [-0.05, 0) is 17.7 Å². The minimum Gasteiger partial charge on any atom is -0.393 e. The van der Waals surface area contributed by atoms with Crippen LogP contribution in [0.4, 0.5) is 21.7 Å². The molecule has 3 aromatic rings. The van der Waals surface area contributed by atoms with Gasteiger partial charge in [-0.25, -0.2) is 14.4 Å². The van der Waals surface area contributed by atoms with Crippen molar-refractivity contribution in [3.05, 3.63) is 77.9 Å². The van der Waals surface area contributed by atoms with Crippen LogP contribution in [0.15, 0.2) is 60.9 Å². The summed E-state index contributed by atoms with van der Waals surface area (Å²) < 4.78 is 13.6. The van der Waals surface area contributed by atoms with Crippen molar-refractivity contribution in [2.45, 2.75) is 6.54 Å². The average Bonchev–Trinajstić information content (AvgIpc) is 2.67. The monoisotopic (exact) mass is 352 g/mol. The number of rotatable bonds is 6. The van der Waals surface area contributed by atoms with Gasteiger partial charge in [-0.15, -0.1) is 0 Å². The highest BCUT2D eigenvalue weighted by atomic mass is 19.1. The minimum atomic E-state index is -0.639. The molecule has 0 aliphatic carbocycles. The molecule has 0 bridgehead atoms. The smallest absolute Gasteiger partial charge is 0.272 e. The van der Waals surface area contributed by atoms with Crippen LogP contribution in [0, 0.1) is 5.82 Å². The number of carbonyl (C=O) groups is 1. The zero-order chi connectivity index (χ0) is 18.4. The van der Waals surface area contributed by atoms with E-state index in [0.717, 1.165) is 5.56 Å². The summed E-state index contributed by atoms with van der Waals surface area (Å²) in [6.07, 6.45) is 1.31. The van der Waals surface area contributed by atoms with Gasteiger partial charge in [-0.3, -0.25) is 15.6 Å². The van der Waals surface area contributed by atoms with Crippen LogP contribution in [-0.2, 0) is 6.54 Å². The van der Waals surface area contributed by atoms with E-state index in [1.807, 2.05) is 30.3 Å². The van der Waals surface area contributed by atoms with Crippen molar-refractivity contribution in [1.82, 2.24) is 15.4 Å². The Hall–Kier alpha value is -3.68. The van der Waals surface area contributed by atoms with Crippen molar-refractivity contribution in [3.63, 3.8) is 0 Å². The second kappa shape index (κ2) is 7.93. The summed E-state index contributed by atoms with van der Waals surface area (Å²) in [6, 6.07) is 15.4. The van der Waals surface area contributed by atoms with E-state index in [0.29, 0.717) is 12.4 Å². The third-order valence-corrected chi connectivity index (χ3v) is 3.60. The molecule has 0 saturated carbocycles. The van der Waals surface area contributed by atoms with E-state index in [9.17, 15) is 9.18 Å². The molecule has 1 aromatic heterocycles. The van der Waals surface area contributed by atoms with Gasteiger partial charge < -0.3 is 11.1 Å². The first-order valence-corrected chi connectivity index (χ1v) is 7.84. The third kappa shape index (κ3) is 4.04. The van der Waals surface area contributed by atoms with E-state index in [-0.39, 0.29) is 17.1 Å². The Morgan fingerprint density at radius 2 is 1.69 bits per heavy atom. The molecule has 2 aromatic carbocycles. The zero-order valence-electron chi connectivity index (χ0n) is 13.7. The number of hydrazine groups is 1. The number of halogens is 1. The van der Waals surface area contributed by atoms with E-state index < -0.39 is 11.7 Å². The van der Waals surface area contributed by atoms with Crippen molar-refractivity contribution in [2.75, 3.05) is 16.5 Å². The van der Waals surface area contributed by atoms with Crippen LogP contribution in [0.25, 0.3) is 0 Å². The fraction of sp³-hybridized carbons (Fsp3) is 0.0556. The lowest BCUT2D eigenvalue weighted by atomic mass is 10.2. The predicted octanol–water partition coefficient (Wildman–Crippen LogP) is 2.57. The molecule has 26 heavy (non-hydrogen) atoms. The van der Waals surface area contributed by atoms with Gasteiger partial charge in [-0.2, -0.15) is 0 Å². The van der Waals surface area contributed by atoms with Crippen molar-refractivity contribution in [1.29, 1.82) is 0 Å². The Kier molecular flexibility index (Phi) is 5.23. The quantitative estimate of drug-likeness (QED) is 0.508. The van der Waals surface area contributed by atoms with Crippen molar-refractivity contribution in [2.24, 2.45) is 0 Å². The maximum Gasteiger partial charge on any atom is 0.272 e. The molecule has 0 unspecified atom stereocenters. The Labute approximate surface area is 149 Å². The van der Waals surface area contributed by atoms with Crippen LogP contribution in [0.2, 0.25) is 0 Å². The van der Waals surface area contributed by atoms with E-state index in [1.165, 1.54) is 24.5 Å². The number of anilines is 3. The Bertz CT molecular complexity index is 903. The Morgan fingerprint density at radius 3 is 2.46 bits per heavy atom.